The van der Waals surface area contributed by atoms with Crippen molar-refractivity contribution in [1.82, 2.24) is 19.9 Å². The van der Waals surface area contributed by atoms with Crippen LogP contribution in [0.15, 0.2) is 29.1 Å². The highest BCUT2D eigenvalue weighted by Gasteiger charge is 2.15. The van der Waals surface area contributed by atoms with Crippen LogP contribution in [0.2, 0.25) is 0 Å². The maximum Gasteiger partial charge on any atom is 0.387 e. The van der Waals surface area contributed by atoms with Gasteiger partial charge in [-0.1, -0.05) is 6.07 Å². The second-order valence-corrected chi connectivity index (χ2v) is 6.39. The number of ether oxygens (including phenoxy) is 2. The standard InChI is InChI=1S/C19H20F2N4O4/c1-10-13(11(2)25-16(23-10)8-18(27)24-25)7-17(26)22-9-12-4-5-14(29-19(20)21)15(6-12)28-3/h4-6,8,19H,7,9H2,1-3H3,(H,22,26)(H,24,27). The number of aromatic amines is 1. The fraction of sp³-hybridized carbons (Fsp3) is 0.316. The minimum atomic E-state index is -2.96. The van der Waals surface area contributed by atoms with E-state index in [1.807, 2.05) is 0 Å². The molecule has 0 aliphatic carbocycles. The lowest BCUT2D eigenvalue weighted by molar-refractivity contribution is -0.120. The average Bonchev–Trinajstić information content (AvgIpc) is 3.04. The number of methoxy groups -OCH3 is 1. The van der Waals surface area contributed by atoms with Crippen LogP contribution < -0.4 is 20.3 Å². The van der Waals surface area contributed by atoms with E-state index in [2.05, 4.69) is 20.1 Å². The second kappa shape index (κ2) is 8.29. The minimum Gasteiger partial charge on any atom is -0.493 e. The highest BCUT2D eigenvalue weighted by Crippen LogP contribution is 2.29. The highest BCUT2D eigenvalue weighted by atomic mass is 19.3. The van der Waals surface area contributed by atoms with E-state index in [9.17, 15) is 18.4 Å². The van der Waals surface area contributed by atoms with E-state index in [0.717, 1.165) is 5.69 Å². The van der Waals surface area contributed by atoms with E-state index in [0.29, 0.717) is 22.5 Å². The fourth-order valence-corrected chi connectivity index (χ4v) is 3.05. The van der Waals surface area contributed by atoms with Crippen LogP contribution in [0.5, 0.6) is 11.5 Å². The number of rotatable bonds is 7. The SMILES string of the molecule is COc1cc(CNC(=O)Cc2c(C)nc3cc(=O)[nH]n3c2C)ccc1OC(F)F. The smallest absolute Gasteiger partial charge is 0.387 e. The van der Waals surface area contributed by atoms with Crippen molar-refractivity contribution in [2.75, 3.05) is 7.11 Å². The number of H-pyrrole nitrogens is 1. The molecular weight excluding hydrogens is 386 g/mol. The minimum absolute atomic E-state index is 0.0739. The molecule has 3 aromatic rings. The predicted octanol–water partition coefficient (Wildman–Crippen LogP) is 2.11. The number of amides is 1. The Balaban J connectivity index is 1.70. The summed E-state index contributed by atoms with van der Waals surface area (Å²) < 4.78 is 35.8. The van der Waals surface area contributed by atoms with Gasteiger partial charge in [0.25, 0.3) is 5.56 Å². The Morgan fingerprint density at radius 3 is 2.72 bits per heavy atom. The molecule has 3 rings (SSSR count). The van der Waals surface area contributed by atoms with Gasteiger partial charge in [0.2, 0.25) is 5.91 Å². The summed E-state index contributed by atoms with van der Waals surface area (Å²) in [5.74, 6) is -0.183. The Morgan fingerprint density at radius 1 is 1.28 bits per heavy atom. The van der Waals surface area contributed by atoms with Crippen molar-refractivity contribution in [2.45, 2.75) is 33.4 Å². The first-order valence-electron chi connectivity index (χ1n) is 8.74. The number of hydrogen-bond acceptors (Lipinski definition) is 5. The lowest BCUT2D eigenvalue weighted by Gasteiger charge is -2.13. The van der Waals surface area contributed by atoms with Gasteiger partial charge in [-0.3, -0.25) is 14.7 Å². The molecule has 0 unspecified atom stereocenters. The number of alkyl halides is 2. The molecule has 0 fully saturated rings. The quantitative estimate of drug-likeness (QED) is 0.626. The largest absolute Gasteiger partial charge is 0.493 e. The monoisotopic (exact) mass is 406 g/mol. The number of nitrogens with one attached hydrogen (secondary N) is 2. The molecule has 2 aromatic heterocycles. The molecule has 0 bridgehead atoms. The second-order valence-electron chi connectivity index (χ2n) is 6.39. The first kappa shape index (κ1) is 20.3. The maximum atomic E-state index is 12.4. The third kappa shape index (κ3) is 4.53. The molecule has 1 aromatic carbocycles. The summed E-state index contributed by atoms with van der Waals surface area (Å²) in [5, 5.41) is 5.42. The van der Waals surface area contributed by atoms with Crippen molar-refractivity contribution >= 4 is 11.6 Å². The molecule has 0 radical (unpaired) electrons. The molecule has 0 aliphatic rings. The van der Waals surface area contributed by atoms with Gasteiger partial charge in [0, 0.05) is 29.6 Å². The van der Waals surface area contributed by atoms with Gasteiger partial charge in [0.05, 0.1) is 13.5 Å². The van der Waals surface area contributed by atoms with Crippen molar-refractivity contribution in [2.24, 2.45) is 0 Å². The predicted molar refractivity (Wildman–Crippen MR) is 100 cm³/mol. The Labute approximate surface area is 164 Å². The van der Waals surface area contributed by atoms with E-state index in [4.69, 9.17) is 4.74 Å². The van der Waals surface area contributed by atoms with Gasteiger partial charge >= 0.3 is 6.61 Å². The Bertz CT molecular complexity index is 1110. The average molecular weight is 406 g/mol. The van der Waals surface area contributed by atoms with Crippen molar-refractivity contribution in [3.63, 3.8) is 0 Å². The molecule has 29 heavy (non-hydrogen) atoms. The normalized spacial score (nSPS) is 11.1. The number of benzene rings is 1. The van der Waals surface area contributed by atoms with Crippen molar-refractivity contribution in [3.8, 4) is 11.5 Å². The van der Waals surface area contributed by atoms with Crippen LogP contribution in [0, 0.1) is 13.8 Å². The van der Waals surface area contributed by atoms with Crippen LogP contribution >= 0.6 is 0 Å². The van der Waals surface area contributed by atoms with Gasteiger partial charge in [-0.05, 0) is 31.5 Å². The number of carbonyl (C=O) groups is 1. The number of fused-ring (bicyclic) bond motifs is 1. The Hall–Kier alpha value is -3.43. The van der Waals surface area contributed by atoms with Gasteiger partial charge in [-0.25, -0.2) is 9.50 Å². The number of aromatic nitrogens is 3. The molecule has 2 heterocycles. The van der Waals surface area contributed by atoms with Crippen molar-refractivity contribution < 1.29 is 23.0 Å². The summed E-state index contributed by atoms with van der Waals surface area (Å²) in [7, 11) is 1.34. The lowest BCUT2D eigenvalue weighted by Crippen LogP contribution is -2.26. The van der Waals surface area contributed by atoms with E-state index in [1.54, 1.807) is 24.4 Å². The summed E-state index contributed by atoms with van der Waals surface area (Å²) in [6.07, 6.45) is 0.0739. The molecule has 154 valence electrons. The van der Waals surface area contributed by atoms with E-state index in [-0.39, 0.29) is 35.9 Å². The van der Waals surface area contributed by atoms with Crippen molar-refractivity contribution in [1.29, 1.82) is 0 Å². The number of nitrogens with zero attached hydrogens (tertiary/aromatic N) is 2. The third-order valence-electron chi connectivity index (χ3n) is 4.47. The van der Waals surface area contributed by atoms with Gasteiger partial charge in [-0.2, -0.15) is 8.78 Å². The van der Waals surface area contributed by atoms with Crippen LogP contribution in [0.4, 0.5) is 8.78 Å². The molecule has 8 nitrogen and oxygen atoms in total. The molecular formula is C19H20F2N4O4. The zero-order valence-corrected chi connectivity index (χ0v) is 16.1. The molecule has 0 spiro atoms. The fourth-order valence-electron chi connectivity index (χ4n) is 3.05. The van der Waals surface area contributed by atoms with Gasteiger partial charge in [-0.15, -0.1) is 0 Å². The number of carbonyl (C=O) groups excluding carboxylic acids is 1. The lowest BCUT2D eigenvalue weighted by atomic mass is 10.1. The molecule has 0 atom stereocenters. The highest BCUT2D eigenvalue weighted by molar-refractivity contribution is 5.79. The van der Waals surface area contributed by atoms with E-state index < -0.39 is 6.61 Å². The molecule has 2 N–H and O–H groups in total. The zero-order valence-electron chi connectivity index (χ0n) is 16.1. The van der Waals surface area contributed by atoms with E-state index in [1.165, 1.54) is 25.3 Å². The summed E-state index contributed by atoms with van der Waals surface area (Å²) >= 11 is 0. The Morgan fingerprint density at radius 2 is 2.03 bits per heavy atom. The van der Waals surface area contributed by atoms with Crippen LogP contribution in [-0.2, 0) is 17.8 Å². The number of hydrogen-bond donors (Lipinski definition) is 2. The van der Waals surface area contributed by atoms with Gasteiger partial charge < -0.3 is 14.8 Å². The van der Waals surface area contributed by atoms with Crippen LogP contribution in [-0.4, -0.2) is 34.2 Å². The van der Waals surface area contributed by atoms with Crippen LogP contribution in [0.3, 0.4) is 0 Å². The summed E-state index contributed by atoms with van der Waals surface area (Å²) in [6, 6.07) is 5.83. The molecule has 10 heteroatoms. The van der Waals surface area contributed by atoms with Gasteiger partial charge in [0.15, 0.2) is 17.1 Å². The molecule has 0 saturated carbocycles. The third-order valence-corrected chi connectivity index (χ3v) is 4.47. The maximum absolute atomic E-state index is 12.4. The first-order chi connectivity index (χ1) is 13.8. The molecule has 0 saturated heterocycles. The summed E-state index contributed by atoms with van der Waals surface area (Å²) in [5.41, 5.74) is 2.97. The van der Waals surface area contributed by atoms with Crippen LogP contribution in [0.1, 0.15) is 22.5 Å². The Kier molecular flexibility index (Phi) is 5.81. The van der Waals surface area contributed by atoms with Gasteiger partial charge in [0.1, 0.15) is 0 Å². The molecule has 0 aliphatic heterocycles. The van der Waals surface area contributed by atoms with E-state index >= 15 is 0 Å². The number of aryl methyl sites for hydroxylation is 2. The summed E-state index contributed by atoms with van der Waals surface area (Å²) in [6.45, 7) is 0.798. The van der Waals surface area contributed by atoms with Crippen molar-refractivity contribution in [3.05, 3.63) is 57.1 Å². The zero-order chi connectivity index (χ0) is 21.1. The topological polar surface area (TPSA) is 97.7 Å². The number of halogens is 2. The molecule has 1 amide bonds. The first-order valence-corrected chi connectivity index (χ1v) is 8.74. The summed E-state index contributed by atoms with van der Waals surface area (Å²) in [4.78, 5) is 28.3. The van der Waals surface area contributed by atoms with Crippen LogP contribution in [0.25, 0.3) is 5.65 Å².